The summed E-state index contributed by atoms with van der Waals surface area (Å²) >= 11 is 4.60. The van der Waals surface area contributed by atoms with Gasteiger partial charge in [0.1, 0.15) is 11.5 Å². The summed E-state index contributed by atoms with van der Waals surface area (Å²) in [5.74, 6) is 0.128. The minimum atomic E-state index is -1.61. The van der Waals surface area contributed by atoms with Crippen LogP contribution in [0.4, 0.5) is 10.1 Å². The Morgan fingerprint density at radius 3 is 2.85 bits per heavy atom. The molecule has 0 bridgehead atoms. The number of rotatable bonds is 5. The first-order valence-electron chi connectivity index (χ1n) is 11.2. The van der Waals surface area contributed by atoms with Crippen LogP contribution < -0.4 is 5.32 Å². The molecule has 0 amide bonds. The Bertz CT molecular complexity index is 1130. The first-order chi connectivity index (χ1) is 16.0. The summed E-state index contributed by atoms with van der Waals surface area (Å²) in [6, 6.07) is 13.2. The fourth-order valence-electron chi connectivity index (χ4n) is 4.96. The first kappa shape index (κ1) is 22.5. The molecule has 1 fully saturated rings. The molecule has 1 unspecified atom stereocenters. The number of halogens is 2. The number of nitrogens with one attached hydrogen (secondary N) is 1. The molecule has 2 aromatic carbocycles. The van der Waals surface area contributed by atoms with Gasteiger partial charge in [-0.1, -0.05) is 41.9 Å². The smallest absolute Gasteiger partial charge is 0.269 e. The predicted molar refractivity (Wildman–Crippen MR) is 128 cm³/mol. The van der Waals surface area contributed by atoms with E-state index >= 15 is 0 Å². The van der Waals surface area contributed by atoms with Gasteiger partial charge < -0.3 is 14.8 Å². The van der Waals surface area contributed by atoms with Gasteiger partial charge >= 0.3 is 0 Å². The SMILES string of the molecule is CCOC1=NS(=O)N=C1CC[C@H]1CC[C@@H]2[C@H](O1)c1cc(Cl)cc(F)c1N[C@H]2c1ccccc1. The van der Waals surface area contributed by atoms with Crippen LogP contribution in [0.15, 0.2) is 51.3 Å². The largest absolute Gasteiger partial charge is 0.476 e. The third-order valence-electron chi connectivity index (χ3n) is 6.41. The minimum Gasteiger partial charge on any atom is -0.476 e. The van der Waals surface area contributed by atoms with E-state index in [0.29, 0.717) is 41.8 Å². The molecular formula is C24H25ClFN3O3S. The van der Waals surface area contributed by atoms with Crippen LogP contribution in [0.5, 0.6) is 0 Å². The normalized spacial score (nSPS) is 28.3. The molecule has 0 radical (unpaired) electrons. The zero-order valence-electron chi connectivity index (χ0n) is 18.2. The highest BCUT2D eigenvalue weighted by molar-refractivity contribution is 7.83. The summed E-state index contributed by atoms with van der Waals surface area (Å²) in [4.78, 5) is 0. The van der Waals surface area contributed by atoms with Gasteiger partial charge in [-0.3, -0.25) is 0 Å². The Morgan fingerprint density at radius 2 is 2.06 bits per heavy atom. The third-order valence-corrected chi connectivity index (χ3v) is 7.33. The summed E-state index contributed by atoms with van der Waals surface area (Å²) in [5.41, 5.74) is 2.94. The predicted octanol–water partition coefficient (Wildman–Crippen LogP) is 5.73. The molecule has 3 aliphatic rings. The maximum Gasteiger partial charge on any atom is 0.269 e. The fourth-order valence-corrected chi connectivity index (χ4v) is 5.87. The fraction of sp³-hybridized carbons (Fsp3) is 0.417. The number of ether oxygens (including phenoxy) is 2. The Kier molecular flexibility index (Phi) is 6.49. The van der Waals surface area contributed by atoms with E-state index in [2.05, 4.69) is 26.2 Å². The molecule has 1 saturated heterocycles. The van der Waals surface area contributed by atoms with Crippen molar-refractivity contribution in [2.75, 3.05) is 11.9 Å². The van der Waals surface area contributed by atoms with Crippen molar-refractivity contribution in [1.29, 1.82) is 0 Å². The summed E-state index contributed by atoms with van der Waals surface area (Å²) in [5, 5.41) is 3.78. The molecule has 1 N–H and O–H groups in total. The number of benzene rings is 2. The Morgan fingerprint density at radius 1 is 1.24 bits per heavy atom. The molecule has 0 spiro atoms. The summed E-state index contributed by atoms with van der Waals surface area (Å²) in [7, 11) is 0. The van der Waals surface area contributed by atoms with Crippen molar-refractivity contribution in [2.24, 2.45) is 14.7 Å². The van der Waals surface area contributed by atoms with Crippen LogP contribution in [-0.4, -0.2) is 28.5 Å². The third kappa shape index (κ3) is 4.56. The lowest BCUT2D eigenvalue weighted by Gasteiger charge is -2.46. The van der Waals surface area contributed by atoms with Crippen LogP contribution >= 0.6 is 11.6 Å². The van der Waals surface area contributed by atoms with Crippen molar-refractivity contribution < 1.29 is 18.1 Å². The highest BCUT2D eigenvalue weighted by Crippen LogP contribution is 2.51. The second-order valence-electron chi connectivity index (χ2n) is 8.44. The quantitative estimate of drug-likeness (QED) is 0.582. The lowest BCUT2D eigenvalue weighted by atomic mass is 9.76. The van der Waals surface area contributed by atoms with Crippen LogP contribution in [0.1, 0.15) is 55.9 Å². The van der Waals surface area contributed by atoms with E-state index in [0.717, 1.165) is 24.0 Å². The number of hydrogen-bond donors (Lipinski definition) is 1. The van der Waals surface area contributed by atoms with E-state index in [-0.39, 0.29) is 30.0 Å². The Labute approximate surface area is 200 Å². The molecule has 3 heterocycles. The number of anilines is 1. The van der Waals surface area contributed by atoms with Gasteiger partial charge in [0.25, 0.3) is 11.2 Å². The van der Waals surface area contributed by atoms with Crippen molar-refractivity contribution >= 4 is 40.1 Å². The molecule has 2 aromatic rings. The molecule has 6 nitrogen and oxygen atoms in total. The molecule has 0 aromatic heterocycles. The molecular weight excluding hydrogens is 465 g/mol. The molecule has 5 atom stereocenters. The molecule has 33 heavy (non-hydrogen) atoms. The maximum absolute atomic E-state index is 14.9. The van der Waals surface area contributed by atoms with Gasteiger partial charge in [-0.05, 0) is 50.3 Å². The Hall–Kier alpha value is -2.29. The van der Waals surface area contributed by atoms with Crippen LogP contribution in [-0.2, 0) is 20.6 Å². The summed E-state index contributed by atoms with van der Waals surface area (Å²) in [6.07, 6.45) is 2.70. The van der Waals surface area contributed by atoms with Gasteiger partial charge in [0.2, 0.25) is 5.90 Å². The second-order valence-corrected chi connectivity index (χ2v) is 9.70. The van der Waals surface area contributed by atoms with Crippen LogP contribution in [0.3, 0.4) is 0 Å². The molecule has 3 aliphatic heterocycles. The van der Waals surface area contributed by atoms with Crippen molar-refractivity contribution in [3.63, 3.8) is 0 Å². The van der Waals surface area contributed by atoms with Gasteiger partial charge in [0.15, 0.2) is 0 Å². The highest BCUT2D eigenvalue weighted by atomic mass is 35.5. The lowest BCUT2D eigenvalue weighted by molar-refractivity contribution is -0.0951. The molecule has 0 aliphatic carbocycles. The van der Waals surface area contributed by atoms with Crippen molar-refractivity contribution in [3.05, 3.63) is 64.4 Å². The van der Waals surface area contributed by atoms with E-state index in [4.69, 9.17) is 21.1 Å². The first-order valence-corrected chi connectivity index (χ1v) is 12.6. The zero-order chi connectivity index (χ0) is 22.9. The minimum absolute atomic E-state index is 0.0460. The molecule has 0 saturated carbocycles. The summed E-state index contributed by atoms with van der Waals surface area (Å²) < 4.78 is 46.7. The molecule has 174 valence electrons. The van der Waals surface area contributed by atoms with Gasteiger partial charge in [0.05, 0.1) is 30.5 Å². The number of nitrogens with zero attached hydrogens (tertiary/aromatic N) is 2. The standard InChI is InChI=1S/C24H25ClFN3O3S/c1-2-31-24-20(28-33(30)29-24)11-9-16-8-10-17-21(14-6-4-3-5-7-14)27-22-18(23(17)32-16)12-15(25)13-19(22)26/h3-7,12-13,16-17,21,23,27H,2,8-11H2,1H3/t16-,17+,21+,23+,33?/m1/s1. The van der Waals surface area contributed by atoms with E-state index in [1.165, 1.54) is 6.07 Å². The van der Waals surface area contributed by atoms with E-state index in [1.54, 1.807) is 6.07 Å². The second kappa shape index (κ2) is 9.52. The van der Waals surface area contributed by atoms with Crippen molar-refractivity contribution in [3.8, 4) is 0 Å². The van der Waals surface area contributed by atoms with Gasteiger partial charge in [0, 0.05) is 16.5 Å². The highest BCUT2D eigenvalue weighted by Gasteiger charge is 2.43. The van der Waals surface area contributed by atoms with Gasteiger partial charge in [-0.15, -0.1) is 4.40 Å². The summed E-state index contributed by atoms with van der Waals surface area (Å²) in [6.45, 7) is 2.30. The number of hydrogen-bond acceptors (Lipinski definition) is 4. The maximum atomic E-state index is 14.9. The average molecular weight is 490 g/mol. The van der Waals surface area contributed by atoms with E-state index < -0.39 is 11.2 Å². The van der Waals surface area contributed by atoms with Gasteiger partial charge in [-0.25, -0.2) is 8.60 Å². The van der Waals surface area contributed by atoms with Crippen molar-refractivity contribution in [1.82, 2.24) is 0 Å². The number of fused-ring (bicyclic) bond motifs is 3. The van der Waals surface area contributed by atoms with E-state index in [9.17, 15) is 8.60 Å². The van der Waals surface area contributed by atoms with E-state index in [1.807, 2.05) is 25.1 Å². The van der Waals surface area contributed by atoms with Crippen molar-refractivity contribution in [2.45, 2.75) is 50.9 Å². The zero-order valence-corrected chi connectivity index (χ0v) is 19.7. The average Bonchev–Trinajstić information content (AvgIpc) is 3.17. The topological polar surface area (TPSA) is 72.3 Å². The van der Waals surface area contributed by atoms with Crippen LogP contribution in [0.25, 0.3) is 0 Å². The molecule has 9 heteroatoms. The van der Waals surface area contributed by atoms with Crippen LogP contribution in [0.2, 0.25) is 5.02 Å². The lowest BCUT2D eigenvalue weighted by Crippen LogP contribution is -2.39. The van der Waals surface area contributed by atoms with Gasteiger partial charge in [-0.2, -0.15) is 4.40 Å². The Balaban J connectivity index is 1.38. The van der Waals surface area contributed by atoms with Crippen LogP contribution in [0, 0.1) is 11.7 Å². The monoisotopic (exact) mass is 489 g/mol. The molecule has 5 rings (SSSR count).